The molecule has 1 aromatic heterocycles. The largest absolute Gasteiger partial charge is 0.436 e. The van der Waals surface area contributed by atoms with Crippen LogP contribution in [0.1, 0.15) is 16.7 Å². The van der Waals surface area contributed by atoms with Gasteiger partial charge in [0.05, 0.1) is 0 Å². The average Bonchev–Trinajstić information content (AvgIpc) is 2.28. The molecule has 0 spiro atoms. The first-order valence-corrected chi connectivity index (χ1v) is 5.44. The minimum Gasteiger partial charge on any atom is -0.436 e. The van der Waals surface area contributed by atoms with Crippen molar-refractivity contribution in [2.75, 3.05) is 0 Å². The third kappa shape index (κ3) is 2.44. The normalized spacial score (nSPS) is 10.4. The van der Waals surface area contributed by atoms with E-state index in [0.717, 1.165) is 16.7 Å². The zero-order valence-corrected chi connectivity index (χ0v) is 10.1. The van der Waals surface area contributed by atoms with Crippen LogP contribution in [-0.2, 0) is 0 Å². The summed E-state index contributed by atoms with van der Waals surface area (Å²) in [5, 5.41) is 0. The van der Waals surface area contributed by atoms with Crippen LogP contribution in [0.15, 0.2) is 30.5 Å². The van der Waals surface area contributed by atoms with Crippen LogP contribution in [0.5, 0.6) is 11.6 Å². The molecule has 2 aromatic rings. The number of rotatable bonds is 2. The smallest absolute Gasteiger partial charge is 0.219 e. The fourth-order valence-electron chi connectivity index (χ4n) is 1.50. The zero-order chi connectivity index (χ0) is 12.4. The summed E-state index contributed by atoms with van der Waals surface area (Å²) in [6.45, 7) is 5.75. The molecule has 0 bridgehead atoms. The summed E-state index contributed by atoms with van der Waals surface area (Å²) in [6.07, 6.45) is 1.72. The molecule has 1 heterocycles. The first-order chi connectivity index (χ1) is 8.08. The lowest BCUT2D eigenvalue weighted by Crippen LogP contribution is -1.94. The van der Waals surface area contributed by atoms with Gasteiger partial charge in [-0.15, -0.1) is 0 Å². The second kappa shape index (κ2) is 4.53. The second-order valence-electron chi connectivity index (χ2n) is 4.09. The summed E-state index contributed by atoms with van der Waals surface area (Å²) in [4.78, 5) is 4.13. The fraction of sp³-hybridized carbons (Fsp3) is 0.214. The Morgan fingerprint density at radius 1 is 1.06 bits per heavy atom. The lowest BCUT2D eigenvalue weighted by Gasteiger charge is -2.09. The van der Waals surface area contributed by atoms with E-state index in [9.17, 15) is 4.39 Å². The third-order valence-corrected chi connectivity index (χ3v) is 2.72. The van der Waals surface area contributed by atoms with Crippen molar-refractivity contribution in [2.24, 2.45) is 0 Å². The van der Waals surface area contributed by atoms with Crippen LogP contribution in [0.4, 0.5) is 4.39 Å². The van der Waals surface area contributed by atoms with Crippen LogP contribution in [0.25, 0.3) is 0 Å². The van der Waals surface area contributed by atoms with Crippen molar-refractivity contribution in [3.05, 3.63) is 53.0 Å². The Bertz CT molecular complexity index is 532. The van der Waals surface area contributed by atoms with Crippen molar-refractivity contribution in [1.82, 2.24) is 4.98 Å². The van der Waals surface area contributed by atoms with Gasteiger partial charge in [0, 0.05) is 12.3 Å². The van der Waals surface area contributed by atoms with Crippen molar-refractivity contribution < 1.29 is 9.13 Å². The van der Waals surface area contributed by atoms with Gasteiger partial charge < -0.3 is 4.74 Å². The molecule has 0 fully saturated rings. The fourth-order valence-corrected chi connectivity index (χ4v) is 1.50. The molecule has 0 aliphatic rings. The van der Waals surface area contributed by atoms with Crippen molar-refractivity contribution in [3.63, 3.8) is 0 Å². The van der Waals surface area contributed by atoms with Gasteiger partial charge in [0.2, 0.25) is 5.88 Å². The highest BCUT2D eigenvalue weighted by Crippen LogP contribution is 2.27. The van der Waals surface area contributed by atoms with Gasteiger partial charge in [-0.25, -0.2) is 9.37 Å². The Labute approximate surface area is 100 Å². The van der Waals surface area contributed by atoms with Gasteiger partial charge in [0.25, 0.3) is 0 Å². The van der Waals surface area contributed by atoms with Gasteiger partial charge in [-0.2, -0.15) is 0 Å². The summed E-state index contributed by atoms with van der Waals surface area (Å²) >= 11 is 0. The molecule has 0 aliphatic carbocycles. The lowest BCUT2D eigenvalue weighted by molar-refractivity contribution is 0.423. The quantitative estimate of drug-likeness (QED) is 0.781. The first kappa shape index (κ1) is 11.6. The lowest BCUT2D eigenvalue weighted by atomic mass is 10.2. The topological polar surface area (TPSA) is 22.1 Å². The molecule has 0 aliphatic heterocycles. The van der Waals surface area contributed by atoms with Crippen molar-refractivity contribution in [3.8, 4) is 11.6 Å². The predicted octanol–water partition coefficient (Wildman–Crippen LogP) is 3.94. The Morgan fingerprint density at radius 3 is 2.47 bits per heavy atom. The number of halogens is 1. The molecule has 88 valence electrons. The van der Waals surface area contributed by atoms with Crippen LogP contribution in [0, 0.1) is 26.6 Å². The number of benzene rings is 1. The van der Waals surface area contributed by atoms with Gasteiger partial charge in [-0.05, 0) is 43.5 Å². The van der Waals surface area contributed by atoms with Gasteiger partial charge >= 0.3 is 0 Å². The maximum atomic E-state index is 13.6. The van der Waals surface area contributed by atoms with Gasteiger partial charge in [0.15, 0.2) is 11.6 Å². The molecule has 2 nitrogen and oxygen atoms in total. The Hall–Kier alpha value is -1.90. The van der Waals surface area contributed by atoms with Crippen LogP contribution < -0.4 is 4.74 Å². The third-order valence-electron chi connectivity index (χ3n) is 2.72. The molecule has 17 heavy (non-hydrogen) atoms. The van der Waals surface area contributed by atoms with Gasteiger partial charge in [0.1, 0.15) is 0 Å². The van der Waals surface area contributed by atoms with E-state index >= 15 is 0 Å². The standard InChI is InChI=1S/C14H14FNO/c1-9-5-4-6-12(15)14(9)17-13-7-10(2)11(3)8-16-13/h4-8H,1-3H3. The number of hydrogen-bond acceptors (Lipinski definition) is 2. The molecule has 0 saturated carbocycles. The van der Waals surface area contributed by atoms with E-state index < -0.39 is 0 Å². The molecular formula is C14H14FNO. The number of nitrogens with zero attached hydrogens (tertiary/aromatic N) is 1. The van der Waals surface area contributed by atoms with E-state index in [1.807, 2.05) is 13.8 Å². The van der Waals surface area contributed by atoms with E-state index in [2.05, 4.69) is 4.98 Å². The number of pyridine rings is 1. The number of ether oxygens (including phenoxy) is 1. The molecule has 0 saturated heterocycles. The van der Waals surface area contributed by atoms with Crippen LogP contribution in [0.3, 0.4) is 0 Å². The Morgan fingerprint density at radius 2 is 1.82 bits per heavy atom. The Kier molecular flexibility index (Phi) is 3.09. The molecule has 3 heteroatoms. The van der Waals surface area contributed by atoms with E-state index in [4.69, 9.17) is 4.74 Å². The minimum atomic E-state index is -0.370. The number of aromatic nitrogens is 1. The van der Waals surface area contributed by atoms with Crippen LogP contribution in [0.2, 0.25) is 0 Å². The molecular weight excluding hydrogens is 217 g/mol. The maximum absolute atomic E-state index is 13.6. The van der Waals surface area contributed by atoms with Gasteiger partial charge in [-0.3, -0.25) is 0 Å². The number of hydrogen-bond donors (Lipinski definition) is 0. The summed E-state index contributed by atoms with van der Waals surface area (Å²) in [5.41, 5.74) is 2.91. The second-order valence-corrected chi connectivity index (χ2v) is 4.09. The highest BCUT2D eigenvalue weighted by Gasteiger charge is 2.08. The molecule has 0 amide bonds. The average molecular weight is 231 g/mol. The summed E-state index contributed by atoms with van der Waals surface area (Å²) in [5.74, 6) is 0.287. The Balaban J connectivity index is 2.35. The minimum absolute atomic E-state index is 0.239. The van der Waals surface area contributed by atoms with Crippen molar-refractivity contribution in [1.29, 1.82) is 0 Å². The van der Waals surface area contributed by atoms with E-state index in [1.165, 1.54) is 6.07 Å². The molecule has 1 aromatic carbocycles. The number of para-hydroxylation sites is 1. The monoisotopic (exact) mass is 231 g/mol. The first-order valence-electron chi connectivity index (χ1n) is 5.44. The highest BCUT2D eigenvalue weighted by atomic mass is 19.1. The van der Waals surface area contributed by atoms with Crippen LogP contribution >= 0.6 is 0 Å². The molecule has 0 N–H and O–H groups in total. The van der Waals surface area contributed by atoms with Gasteiger partial charge in [-0.1, -0.05) is 12.1 Å². The van der Waals surface area contributed by atoms with E-state index in [1.54, 1.807) is 31.3 Å². The van der Waals surface area contributed by atoms with Crippen molar-refractivity contribution >= 4 is 0 Å². The molecule has 2 rings (SSSR count). The van der Waals surface area contributed by atoms with Crippen molar-refractivity contribution in [2.45, 2.75) is 20.8 Å². The molecule has 0 atom stereocenters. The summed E-state index contributed by atoms with van der Waals surface area (Å²) in [6, 6.07) is 6.65. The SMILES string of the molecule is Cc1cnc(Oc2c(C)cccc2F)cc1C. The zero-order valence-electron chi connectivity index (χ0n) is 10.1. The highest BCUT2D eigenvalue weighted by molar-refractivity contribution is 5.37. The summed E-state index contributed by atoms with van der Waals surface area (Å²) < 4.78 is 19.1. The predicted molar refractivity (Wildman–Crippen MR) is 64.9 cm³/mol. The molecule has 0 unspecified atom stereocenters. The van der Waals surface area contributed by atoms with E-state index in [-0.39, 0.29) is 11.6 Å². The number of aryl methyl sites for hydroxylation is 3. The van der Waals surface area contributed by atoms with Crippen LogP contribution in [-0.4, -0.2) is 4.98 Å². The maximum Gasteiger partial charge on any atom is 0.219 e. The summed E-state index contributed by atoms with van der Waals surface area (Å²) in [7, 11) is 0. The van der Waals surface area contributed by atoms with E-state index in [0.29, 0.717) is 5.88 Å². The molecule has 0 radical (unpaired) electrons.